The van der Waals surface area contributed by atoms with Crippen molar-refractivity contribution in [2.75, 3.05) is 0 Å². The van der Waals surface area contributed by atoms with Crippen molar-refractivity contribution in [2.24, 2.45) is 0 Å². The third kappa shape index (κ3) is 7.38. The van der Waals surface area contributed by atoms with E-state index in [0.29, 0.717) is 0 Å². The maximum atomic E-state index is 12.2. The smallest absolute Gasteiger partial charge is 0.408 e. The molecule has 0 spiro atoms. The summed E-state index contributed by atoms with van der Waals surface area (Å²) in [5, 5.41) is 2.47. The predicted molar refractivity (Wildman–Crippen MR) is 95.6 cm³/mol. The summed E-state index contributed by atoms with van der Waals surface area (Å²) in [6, 6.07) is -0.995. The van der Waals surface area contributed by atoms with Crippen LogP contribution in [0.25, 0.3) is 5.53 Å². The summed E-state index contributed by atoms with van der Waals surface area (Å²) >= 11 is 0. The third-order valence-electron chi connectivity index (χ3n) is 3.92. The Morgan fingerprint density at radius 3 is 2.04 bits per heavy atom. The van der Waals surface area contributed by atoms with Crippen LogP contribution in [0.1, 0.15) is 48.5 Å². The van der Waals surface area contributed by atoms with Crippen LogP contribution in [0.15, 0.2) is 0 Å². The first kappa shape index (κ1) is 22.5. The first-order valence-corrected chi connectivity index (χ1v) is 10.9. The molecular formula is C16H31N3O4Si. The lowest BCUT2D eigenvalue weighted by Gasteiger charge is -2.39. The van der Waals surface area contributed by atoms with Gasteiger partial charge in [-0.25, -0.2) is 4.79 Å². The van der Waals surface area contributed by atoms with Gasteiger partial charge < -0.3 is 20.0 Å². The van der Waals surface area contributed by atoms with Gasteiger partial charge in [-0.3, -0.25) is 4.79 Å². The van der Waals surface area contributed by atoms with Crippen molar-refractivity contribution in [3.63, 3.8) is 0 Å². The lowest BCUT2D eigenvalue weighted by atomic mass is 10.1. The summed E-state index contributed by atoms with van der Waals surface area (Å²) in [6.45, 7) is 17.3. The molecule has 24 heavy (non-hydrogen) atoms. The Balaban J connectivity index is 5.31. The van der Waals surface area contributed by atoms with Crippen molar-refractivity contribution >= 4 is 26.4 Å². The van der Waals surface area contributed by atoms with Gasteiger partial charge in [0.05, 0.1) is 6.10 Å². The number of nitrogens with one attached hydrogen (secondary N) is 1. The molecule has 0 rings (SSSR count). The van der Waals surface area contributed by atoms with Gasteiger partial charge in [0.25, 0.3) is 5.78 Å². The number of carbonyl (C=O) groups is 2. The Kier molecular flexibility index (Phi) is 7.54. The van der Waals surface area contributed by atoms with Crippen LogP contribution in [0.4, 0.5) is 4.79 Å². The van der Waals surface area contributed by atoms with Crippen molar-refractivity contribution in [1.29, 1.82) is 0 Å². The summed E-state index contributed by atoms with van der Waals surface area (Å²) in [7, 11) is -2.15. The molecule has 2 atom stereocenters. The van der Waals surface area contributed by atoms with E-state index in [1.165, 1.54) is 0 Å². The number of rotatable bonds is 6. The van der Waals surface area contributed by atoms with E-state index in [2.05, 4.69) is 44.0 Å². The molecule has 0 saturated carbocycles. The molecule has 0 aromatic carbocycles. The van der Waals surface area contributed by atoms with E-state index < -0.39 is 37.9 Å². The highest BCUT2D eigenvalue weighted by atomic mass is 28.4. The van der Waals surface area contributed by atoms with Crippen LogP contribution < -0.4 is 5.32 Å². The average Bonchev–Trinajstić information content (AvgIpc) is 2.31. The minimum absolute atomic E-state index is 0.0498. The topological polar surface area (TPSA) is 101 Å². The zero-order chi connectivity index (χ0) is 19.3. The maximum Gasteiger partial charge on any atom is 0.408 e. The molecule has 0 bridgehead atoms. The molecule has 0 fully saturated rings. The first-order valence-electron chi connectivity index (χ1n) is 7.99. The number of amides is 1. The first-order chi connectivity index (χ1) is 10.6. The fraction of sp³-hybridized carbons (Fsp3) is 0.812. The molecule has 0 radical (unpaired) electrons. The average molecular weight is 358 g/mol. The lowest BCUT2D eigenvalue weighted by Crippen LogP contribution is -2.54. The fourth-order valence-electron chi connectivity index (χ4n) is 1.70. The van der Waals surface area contributed by atoms with Crippen molar-refractivity contribution in [3.8, 4) is 0 Å². The number of alkyl carbamates (subject to hydrolysis) is 1. The van der Waals surface area contributed by atoms with E-state index in [1.54, 1.807) is 27.7 Å². The van der Waals surface area contributed by atoms with Crippen molar-refractivity contribution < 1.29 is 23.5 Å². The maximum absolute atomic E-state index is 12.2. The van der Waals surface area contributed by atoms with Crippen molar-refractivity contribution in [3.05, 3.63) is 5.53 Å². The van der Waals surface area contributed by atoms with Crippen LogP contribution in [-0.4, -0.2) is 48.9 Å². The molecule has 0 saturated heterocycles. The molecule has 0 aromatic rings. The van der Waals surface area contributed by atoms with Crippen LogP contribution >= 0.6 is 0 Å². The quantitative estimate of drug-likeness (QED) is 0.341. The van der Waals surface area contributed by atoms with E-state index in [4.69, 9.17) is 14.7 Å². The second-order valence-electron chi connectivity index (χ2n) is 8.35. The molecule has 0 aromatic heterocycles. The van der Waals surface area contributed by atoms with E-state index in [0.717, 1.165) is 6.21 Å². The zero-order valence-electron chi connectivity index (χ0n) is 16.3. The van der Waals surface area contributed by atoms with Gasteiger partial charge in [-0.1, -0.05) is 20.8 Å². The zero-order valence-corrected chi connectivity index (χ0v) is 17.3. The normalized spacial score (nSPS) is 15.0. The van der Waals surface area contributed by atoms with Crippen LogP contribution in [0.5, 0.6) is 0 Å². The lowest BCUT2D eigenvalue weighted by molar-refractivity contribution is -0.120. The van der Waals surface area contributed by atoms with Gasteiger partial charge in [-0.2, -0.15) is 4.79 Å². The molecule has 0 aliphatic rings. The Bertz CT molecular complexity index is 514. The van der Waals surface area contributed by atoms with Gasteiger partial charge in [0, 0.05) is 0 Å². The number of nitrogens with zero attached hydrogens (tertiary/aromatic N) is 2. The second kappa shape index (κ2) is 8.05. The number of Topliss-reactive ketones (excluding diaryl/α,β-unsaturated/α-hetero) is 1. The van der Waals surface area contributed by atoms with Gasteiger partial charge in [-0.15, -0.1) is 0 Å². The van der Waals surface area contributed by atoms with E-state index in [1.807, 2.05) is 0 Å². The van der Waals surface area contributed by atoms with Gasteiger partial charge in [0.15, 0.2) is 8.32 Å². The molecule has 1 amide bonds. The molecule has 1 N–H and O–H groups in total. The van der Waals surface area contributed by atoms with E-state index >= 15 is 0 Å². The summed E-state index contributed by atoms with van der Waals surface area (Å²) < 4.78 is 11.4. The minimum Gasteiger partial charge on any atom is -0.444 e. The van der Waals surface area contributed by atoms with Crippen molar-refractivity contribution in [1.82, 2.24) is 5.32 Å². The highest BCUT2D eigenvalue weighted by Crippen LogP contribution is 2.37. The highest BCUT2D eigenvalue weighted by Gasteiger charge is 2.41. The number of hydrogen-bond donors (Lipinski definition) is 1. The molecule has 0 aliphatic carbocycles. The Hall–Kier alpha value is -1.50. The SMILES string of the molecule is C[C@@H](O[Si](C)(C)C(C)(C)C)[C@H](NC(=O)OC(C)(C)C)C(=O)C=[N+]=[N-]. The number of ketones is 1. The number of hydrogen-bond acceptors (Lipinski definition) is 4. The number of ether oxygens (including phenoxy) is 1. The summed E-state index contributed by atoms with van der Waals surface area (Å²) in [5.41, 5.74) is 7.93. The van der Waals surface area contributed by atoms with Crippen LogP contribution in [-0.2, 0) is 14.0 Å². The second-order valence-corrected chi connectivity index (χ2v) is 13.1. The Labute approximate surface area is 145 Å². The fourth-order valence-corrected chi connectivity index (χ4v) is 3.12. The molecule has 0 unspecified atom stereocenters. The van der Waals surface area contributed by atoms with Gasteiger partial charge >= 0.3 is 12.3 Å². The highest BCUT2D eigenvalue weighted by molar-refractivity contribution is 6.74. The predicted octanol–water partition coefficient (Wildman–Crippen LogP) is 3.16. The van der Waals surface area contributed by atoms with Gasteiger partial charge in [0.1, 0.15) is 11.6 Å². The van der Waals surface area contributed by atoms with Gasteiger partial charge in [0.2, 0.25) is 0 Å². The molecular weight excluding hydrogens is 326 g/mol. The van der Waals surface area contributed by atoms with Crippen LogP contribution in [0, 0.1) is 0 Å². The molecule has 0 aliphatic heterocycles. The summed E-state index contributed by atoms with van der Waals surface area (Å²) in [5.74, 6) is -0.561. The Morgan fingerprint density at radius 1 is 1.17 bits per heavy atom. The third-order valence-corrected chi connectivity index (χ3v) is 8.49. The monoisotopic (exact) mass is 357 g/mol. The summed E-state index contributed by atoms with van der Waals surface area (Å²) in [6.07, 6.45) is -0.560. The molecule has 138 valence electrons. The standard InChI is InChI=1S/C16H31N3O4Si/c1-11(23-24(8,9)16(5,6)7)13(12(20)10-18-17)19-14(21)22-15(2,3)4/h10-11,13H,1-9H3,(H,19,21)/t11-,13+/m1/s1. The summed E-state index contributed by atoms with van der Waals surface area (Å²) in [4.78, 5) is 26.9. The molecule has 7 nitrogen and oxygen atoms in total. The largest absolute Gasteiger partial charge is 0.444 e. The Morgan fingerprint density at radius 2 is 1.67 bits per heavy atom. The minimum atomic E-state index is -2.15. The van der Waals surface area contributed by atoms with E-state index in [9.17, 15) is 9.59 Å². The van der Waals surface area contributed by atoms with E-state index in [-0.39, 0.29) is 5.04 Å². The molecule has 8 heteroatoms. The van der Waals surface area contributed by atoms with Gasteiger partial charge in [-0.05, 0) is 45.8 Å². The van der Waals surface area contributed by atoms with Crippen molar-refractivity contribution in [2.45, 2.75) is 84.3 Å². The number of carbonyl (C=O) groups excluding carboxylic acids is 2. The van der Waals surface area contributed by atoms with Crippen LogP contribution in [0.2, 0.25) is 18.1 Å². The van der Waals surface area contributed by atoms with Crippen LogP contribution in [0.3, 0.4) is 0 Å². The molecule has 0 heterocycles.